The number of nitrogens with zero attached hydrogens (tertiary/aromatic N) is 6. The van der Waals surface area contributed by atoms with E-state index in [0.29, 0.717) is 22.6 Å². The maximum Gasteiger partial charge on any atom is 0.194 e. The molecule has 0 saturated heterocycles. The highest BCUT2D eigenvalue weighted by atomic mass is 15.1. The largest absolute Gasteiger partial charge is 0.307 e. The molecule has 0 spiro atoms. The Hall–Kier alpha value is -8.24. The van der Waals surface area contributed by atoms with Crippen LogP contribution >= 0.6 is 0 Å². The molecule has 6 nitrogen and oxygen atoms in total. The minimum Gasteiger partial charge on any atom is -0.307 e. The van der Waals surface area contributed by atoms with Gasteiger partial charge in [-0.1, -0.05) is 109 Å². The molecule has 0 aliphatic heterocycles. The lowest BCUT2D eigenvalue weighted by Gasteiger charge is -2.17. The topological polar surface area (TPSA) is 74.7 Å². The monoisotopic (exact) mass is 712 g/mol. The molecule has 0 aliphatic carbocycles. The van der Waals surface area contributed by atoms with Crippen LogP contribution in [-0.2, 0) is 0 Å². The van der Waals surface area contributed by atoms with E-state index in [-0.39, 0.29) is 0 Å². The summed E-state index contributed by atoms with van der Waals surface area (Å²) in [5.74, 6) is 0.715. The molecule has 0 saturated carbocycles. The first-order valence-electron chi connectivity index (χ1n) is 18.2. The Morgan fingerprint density at radius 2 is 0.964 bits per heavy atom. The minimum atomic E-state index is 0.563. The van der Waals surface area contributed by atoms with Crippen LogP contribution in [0, 0.1) is 29.2 Å². The average Bonchev–Trinajstić information content (AvgIpc) is 3.78. The van der Waals surface area contributed by atoms with E-state index in [0.717, 1.165) is 82.7 Å². The van der Waals surface area contributed by atoms with E-state index >= 15 is 0 Å². The van der Waals surface area contributed by atoms with Gasteiger partial charge < -0.3 is 4.57 Å². The van der Waals surface area contributed by atoms with Crippen molar-refractivity contribution in [3.8, 4) is 57.0 Å². The molecule has 10 aromatic rings. The van der Waals surface area contributed by atoms with Gasteiger partial charge in [0.2, 0.25) is 0 Å². The number of aromatic nitrogens is 3. The zero-order valence-corrected chi connectivity index (χ0v) is 29.8. The summed E-state index contributed by atoms with van der Waals surface area (Å²) in [7, 11) is 0. The van der Waals surface area contributed by atoms with Crippen molar-refractivity contribution in [2.45, 2.75) is 0 Å². The lowest BCUT2D eigenvalue weighted by molar-refractivity contribution is 1.06. The van der Waals surface area contributed by atoms with Crippen molar-refractivity contribution in [2.24, 2.45) is 0 Å². The van der Waals surface area contributed by atoms with Crippen molar-refractivity contribution in [3.05, 3.63) is 193 Å². The van der Waals surface area contributed by atoms with E-state index in [1.165, 1.54) is 0 Å². The highest BCUT2D eigenvalue weighted by Crippen LogP contribution is 2.41. The van der Waals surface area contributed by atoms with E-state index < -0.39 is 0 Å². The third-order valence-electron chi connectivity index (χ3n) is 10.7. The number of hydrogen-bond acceptors (Lipinski definition) is 3. The van der Waals surface area contributed by atoms with E-state index in [4.69, 9.17) is 11.6 Å². The summed E-state index contributed by atoms with van der Waals surface area (Å²) in [4.78, 5) is 9.00. The lowest BCUT2D eigenvalue weighted by atomic mass is 9.98. The normalized spacial score (nSPS) is 11.2. The van der Waals surface area contributed by atoms with Crippen molar-refractivity contribution >= 4 is 49.3 Å². The second kappa shape index (κ2) is 13.0. The molecule has 258 valence electrons. The minimum absolute atomic E-state index is 0.563. The predicted molar refractivity (Wildman–Crippen MR) is 225 cm³/mol. The van der Waals surface area contributed by atoms with Gasteiger partial charge in [0.05, 0.1) is 63.8 Å². The van der Waals surface area contributed by atoms with Crippen LogP contribution in [0.1, 0.15) is 11.1 Å². The Bertz CT molecular complexity index is 3360. The Morgan fingerprint density at radius 3 is 1.62 bits per heavy atom. The van der Waals surface area contributed by atoms with Gasteiger partial charge in [0.15, 0.2) is 5.69 Å². The smallest absolute Gasteiger partial charge is 0.194 e. The van der Waals surface area contributed by atoms with Gasteiger partial charge in [0.1, 0.15) is 5.82 Å². The van der Waals surface area contributed by atoms with Crippen molar-refractivity contribution < 1.29 is 0 Å². The van der Waals surface area contributed by atoms with Gasteiger partial charge >= 0.3 is 0 Å². The number of nitriles is 2. The third-order valence-corrected chi connectivity index (χ3v) is 10.7. The van der Waals surface area contributed by atoms with Crippen LogP contribution in [0.15, 0.2) is 170 Å². The number of pyridine rings is 1. The van der Waals surface area contributed by atoms with Crippen molar-refractivity contribution in [1.29, 1.82) is 10.5 Å². The van der Waals surface area contributed by atoms with Crippen LogP contribution in [0.25, 0.3) is 93.3 Å². The van der Waals surface area contributed by atoms with Gasteiger partial charge in [-0.2, -0.15) is 10.5 Å². The van der Waals surface area contributed by atoms with E-state index in [1.807, 2.05) is 103 Å². The van der Waals surface area contributed by atoms with Crippen LogP contribution in [0.5, 0.6) is 0 Å². The summed E-state index contributed by atoms with van der Waals surface area (Å²) in [5.41, 5.74) is 12.0. The van der Waals surface area contributed by atoms with Gasteiger partial charge in [0.25, 0.3) is 0 Å². The lowest BCUT2D eigenvalue weighted by Crippen LogP contribution is -2.04. The maximum atomic E-state index is 10.4. The molecule has 0 N–H and O–H groups in total. The third kappa shape index (κ3) is 4.97. The van der Waals surface area contributed by atoms with Crippen LogP contribution < -0.4 is 0 Å². The first-order valence-corrected chi connectivity index (χ1v) is 18.2. The molecule has 7 aromatic carbocycles. The zero-order valence-electron chi connectivity index (χ0n) is 29.8. The summed E-state index contributed by atoms with van der Waals surface area (Å²) in [5, 5.41) is 24.5. The zero-order chi connectivity index (χ0) is 37.8. The maximum absolute atomic E-state index is 10.4. The predicted octanol–water partition coefficient (Wildman–Crippen LogP) is 12.6. The molecule has 0 radical (unpaired) electrons. The van der Waals surface area contributed by atoms with Gasteiger partial charge in [-0.15, -0.1) is 0 Å². The number of benzene rings is 7. The number of hydrogen-bond donors (Lipinski definition) is 0. The van der Waals surface area contributed by atoms with Gasteiger partial charge in [-0.3, -0.25) is 4.57 Å². The number of para-hydroxylation sites is 3. The van der Waals surface area contributed by atoms with Crippen molar-refractivity contribution in [3.63, 3.8) is 0 Å². The highest BCUT2D eigenvalue weighted by molar-refractivity contribution is 6.12. The van der Waals surface area contributed by atoms with E-state index in [1.54, 1.807) is 0 Å². The fraction of sp³-hybridized carbons (Fsp3) is 0. The molecule has 0 amide bonds. The molecule has 3 heterocycles. The standard InChI is InChI=1S/C50H28N6/c1-53-44-19-9-6-16-38(44)33-23-24-47-41(27-33)39-17-7-10-20-45(39)55(47)49-31-54-50(28-43(49)37-15-5-3-13-35(37)30-52)56-46-21-11-8-18-40(46)42-26-32(22-25-48(42)56)36-14-4-2-12-34(36)29-51/h2-28,31H. The molecular formula is C50H28N6. The Kier molecular flexibility index (Phi) is 7.53. The van der Waals surface area contributed by atoms with Crippen molar-refractivity contribution in [1.82, 2.24) is 14.1 Å². The fourth-order valence-electron chi connectivity index (χ4n) is 8.20. The van der Waals surface area contributed by atoms with Crippen LogP contribution in [-0.4, -0.2) is 14.1 Å². The van der Waals surface area contributed by atoms with Gasteiger partial charge in [-0.25, -0.2) is 9.83 Å². The van der Waals surface area contributed by atoms with Crippen LogP contribution in [0.3, 0.4) is 0 Å². The fourth-order valence-corrected chi connectivity index (χ4v) is 8.20. The first-order chi connectivity index (χ1) is 27.7. The van der Waals surface area contributed by atoms with Crippen LogP contribution in [0.2, 0.25) is 0 Å². The molecule has 10 rings (SSSR count). The van der Waals surface area contributed by atoms with Gasteiger partial charge in [0, 0.05) is 32.7 Å². The molecule has 0 bridgehead atoms. The van der Waals surface area contributed by atoms with Crippen LogP contribution in [0.4, 0.5) is 5.69 Å². The molecule has 3 aromatic heterocycles. The average molecular weight is 713 g/mol. The summed E-state index contributed by atoms with van der Waals surface area (Å²) >= 11 is 0. The van der Waals surface area contributed by atoms with E-state index in [2.05, 4.69) is 92.8 Å². The Morgan fingerprint density at radius 1 is 0.464 bits per heavy atom. The number of rotatable bonds is 5. The molecule has 0 unspecified atom stereocenters. The highest BCUT2D eigenvalue weighted by Gasteiger charge is 2.21. The second-order valence-electron chi connectivity index (χ2n) is 13.7. The summed E-state index contributed by atoms with van der Waals surface area (Å²) in [6.45, 7) is 7.78. The van der Waals surface area contributed by atoms with Crippen molar-refractivity contribution in [2.75, 3.05) is 0 Å². The molecule has 56 heavy (non-hydrogen) atoms. The second-order valence-corrected chi connectivity index (χ2v) is 13.7. The molecule has 6 heteroatoms. The quantitative estimate of drug-likeness (QED) is 0.167. The summed E-state index contributed by atoms with van der Waals surface area (Å²) < 4.78 is 4.42. The molecule has 0 atom stereocenters. The molecule has 0 aliphatic rings. The molecular weight excluding hydrogens is 685 g/mol. The summed E-state index contributed by atoms with van der Waals surface area (Å²) in [6.07, 6.45) is 1.92. The molecule has 0 fully saturated rings. The van der Waals surface area contributed by atoms with Gasteiger partial charge in [-0.05, 0) is 76.9 Å². The number of fused-ring (bicyclic) bond motifs is 6. The summed E-state index contributed by atoms with van der Waals surface area (Å²) in [6, 6.07) is 59.3. The van der Waals surface area contributed by atoms with E-state index in [9.17, 15) is 10.5 Å². The Labute approximate surface area is 322 Å². The first kappa shape index (κ1) is 32.4. The Balaban J connectivity index is 1.24. The SMILES string of the molecule is [C-]#[N+]c1ccccc1-c1ccc2c(c1)c1ccccc1n2-c1cnc(-n2c3ccccc3c3cc(-c4ccccc4C#N)ccc32)cc1-c1ccccc1C#N.